The third kappa shape index (κ3) is 9.73. The van der Waals surface area contributed by atoms with E-state index in [4.69, 9.17) is 9.47 Å². The fourth-order valence-electron chi connectivity index (χ4n) is 2.81. The van der Waals surface area contributed by atoms with Gasteiger partial charge >= 0.3 is 6.16 Å². The number of aromatic nitrogens is 1. The normalized spacial score (nSPS) is 11.3. The second-order valence-corrected chi connectivity index (χ2v) is 10.2. The Balaban J connectivity index is 1.90. The lowest BCUT2D eigenvalue weighted by molar-refractivity contribution is -0.121. The summed E-state index contributed by atoms with van der Waals surface area (Å²) in [5, 5.41) is 2.84. The van der Waals surface area contributed by atoms with Crippen LogP contribution in [-0.2, 0) is 26.0 Å². The van der Waals surface area contributed by atoms with Crippen LogP contribution in [0.15, 0.2) is 47.5 Å². The van der Waals surface area contributed by atoms with Crippen LogP contribution in [0, 0.1) is 5.92 Å². The van der Waals surface area contributed by atoms with E-state index < -0.39 is 22.1 Å². The number of ether oxygens (including phenoxy) is 2. The first-order chi connectivity index (χ1) is 16.5. The van der Waals surface area contributed by atoms with Gasteiger partial charge in [-0.3, -0.25) is 9.59 Å². The van der Waals surface area contributed by atoms with Crippen molar-refractivity contribution in [2.45, 2.75) is 58.0 Å². The molecule has 11 heteroatoms. The molecule has 0 atom stereocenters. The van der Waals surface area contributed by atoms with Gasteiger partial charge in [-0.15, -0.1) is 0 Å². The van der Waals surface area contributed by atoms with E-state index in [0.717, 1.165) is 18.2 Å². The number of carbonyl (C=O) groups is 3. The van der Waals surface area contributed by atoms with Gasteiger partial charge in [-0.2, -0.15) is 0 Å². The van der Waals surface area contributed by atoms with E-state index in [1.54, 1.807) is 26.0 Å². The number of hydrogen-bond donors (Lipinski definition) is 2. The van der Waals surface area contributed by atoms with E-state index in [9.17, 15) is 22.8 Å². The molecule has 2 amide bonds. The van der Waals surface area contributed by atoms with E-state index in [0.29, 0.717) is 25.3 Å². The predicted molar refractivity (Wildman–Crippen MR) is 128 cm³/mol. The van der Waals surface area contributed by atoms with Gasteiger partial charge in [0, 0.05) is 25.2 Å². The Morgan fingerprint density at radius 1 is 1.00 bits per heavy atom. The minimum atomic E-state index is -4.12. The van der Waals surface area contributed by atoms with Crippen LogP contribution in [0.2, 0.25) is 0 Å². The molecule has 0 radical (unpaired) electrons. The summed E-state index contributed by atoms with van der Waals surface area (Å²) in [7, 11) is -4.12. The molecule has 1 aromatic carbocycles. The Morgan fingerprint density at radius 2 is 1.69 bits per heavy atom. The van der Waals surface area contributed by atoms with Crippen molar-refractivity contribution in [1.82, 2.24) is 15.0 Å². The summed E-state index contributed by atoms with van der Waals surface area (Å²) in [6.07, 6.45) is 1.62. The quantitative estimate of drug-likeness (QED) is 0.444. The molecule has 0 saturated carbocycles. The van der Waals surface area contributed by atoms with Gasteiger partial charge in [0.2, 0.25) is 11.8 Å². The largest absolute Gasteiger partial charge is 0.515 e. The zero-order chi connectivity index (χ0) is 26.0. The number of amides is 2. The Kier molecular flexibility index (Phi) is 10.2. The van der Waals surface area contributed by atoms with Crippen molar-refractivity contribution in [1.29, 1.82) is 0 Å². The number of sulfonamides is 1. The van der Waals surface area contributed by atoms with Crippen molar-refractivity contribution >= 4 is 28.0 Å². The molecule has 2 rings (SSSR count). The van der Waals surface area contributed by atoms with E-state index in [2.05, 4.69) is 24.1 Å². The predicted octanol–water partition coefficient (Wildman–Crippen LogP) is 3.22. The number of nitrogens with zero attached hydrogens (tertiary/aromatic N) is 1. The smallest absolute Gasteiger partial charge is 0.431 e. The molecule has 10 nitrogen and oxygen atoms in total. The molecule has 2 aromatic rings. The van der Waals surface area contributed by atoms with Gasteiger partial charge in [-0.1, -0.05) is 26.0 Å². The topological polar surface area (TPSA) is 141 Å². The number of hydrogen-bond acceptors (Lipinski definition) is 8. The minimum Gasteiger partial charge on any atom is -0.431 e. The summed E-state index contributed by atoms with van der Waals surface area (Å²) >= 11 is 0. The van der Waals surface area contributed by atoms with Crippen LogP contribution in [0.5, 0.6) is 5.88 Å². The average molecular weight is 506 g/mol. The van der Waals surface area contributed by atoms with Crippen molar-refractivity contribution in [3.63, 3.8) is 0 Å². The van der Waals surface area contributed by atoms with Crippen molar-refractivity contribution in [2.24, 2.45) is 5.92 Å². The van der Waals surface area contributed by atoms with Crippen LogP contribution in [0.1, 0.15) is 56.5 Å². The summed E-state index contributed by atoms with van der Waals surface area (Å²) in [5.74, 6) is -0.533. The molecule has 0 aliphatic carbocycles. The van der Waals surface area contributed by atoms with Gasteiger partial charge in [0.05, 0.1) is 16.6 Å². The SMILES string of the molecule is CC(C)CCC(=O)NCCc1ccc(S(=O)(=O)NC(=O)c2ccc(OC(=O)OC(C)C)nc2)cc1. The van der Waals surface area contributed by atoms with Gasteiger partial charge < -0.3 is 14.8 Å². The summed E-state index contributed by atoms with van der Waals surface area (Å²) in [5.41, 5.74) is 0.804. The summed E-state index contributed by atoms with van der Waals surface area (Å²) in [4.78, 5) is 39.4. The molecule has 0 unspecified atom stereocenters. The summed E-state index contributed by atoms with van der Waals surface area (Å²) < 4.78 is 36.8. The molecule has 1 aromatic heterocycles. The Morgan fingerprint density at radius 3 is 2.26 bits per heavy atom. The van der Waals surface area contributed by atoms with Gasteiger partial charge in [0.15, 0.2) is 0 Å². The lowest BCUT2D eigenvalue weighted by Gasteiger charge is -2.10. The maximum Gasteiger partial charge on any atom is 0.515 e. The third-order valence-electron chi connectivity index (χ3n) is 4.66. The minimum absolute atomic E-state index is 0.00909. The number of rotatable bonds is 11. The fourth-order valence-corrected chi connectivity index (χ4v) is 3.78. The molecule has 0 aliphatic rings. The van der Waals surface area contributed by atoms with E-state index in [1.165, 1.54) is 24.3 Å². The highest BCUT2D eigenvalue weighted by Gasteiger charge is 2.19. The molecule has 35 heavy (non-hydrogen) atoms. The summed E-state index contributed by atoms with van der Waals surface area (Å²) in [6, 6.07) is 8.56. The highest BCUT2D eigenvalue weighted by molar-refractivity contribution is 7.90. The van der Waals surface area contributed by atoms with Crippen LogP contribution < -0.4 is 14.8 Å². The van der Waals surface area contributed by atoms with Crippen molar-refractivity contribution in [3.05, 3.63) is 53.7 Å². The zero-order valence-corrected chi connectivity index (χ0v) is 21.1. The second kappa shape index (κ2) is 12.8. The average Bonchev–Trinajstić information content (AvgIpc) is 2.77. The molecular formula is C24H31N3O7S. The number of benzene rings is 1. The van der Waals surface area contributed by atoms with E-state index >= 15 is 0 Å². The molecule has 1 heterocycles. The maximum atomic E-state index is 12.6. The highest BCUT2D eigenvalue weighted by Crippen LogP contribution is 2.13. The first kappa shape index (κ1) is 27.8. The first-order valence-corrected chi connectivity index (χ1v) is 12.7. The lowest BCUT2D eigenvalue weighted by atomic mass is 10.1. The molecule has 2 N–H and O–H groups in total. The first-order valence-electron chi connectivity index (χ1n) is 11.2. The van der Waals surface area contributed by atoms with Crippen molar-refractivity contribution < 1.29 is 32.3 Å². The monoisotopic (exact) mass is 505 g/mol. The van der Waals surface area contributed by atoms with Crippen LogP contribution >= 0.6 is 0 Å². The Labute approximate surface area is 205 Å². The standard InChI is InChI=1S/C24H31N3O7S/c1-16(2)5-11-21(28)25-14-13-18-6-9-20(10-7-18)35(31,32)27-23(29)19-8-12-22(26-15-19)34-24(30)33-17(3)4/h6-10,12,15-17H,5,11,13-14H2,1-4H3,(H,25,28)(H,27,29). The molecule has 0 saturated heterocycles. The molecule has 190 valence electrons. The molecule has 0 aliphatic heterocycles. The van der Waals surface area contributed by atoms with Crippen LogP contribution in [0.25, 0.3) is 0 Å². The van der Waals surface area contributed by atoms with Crippen LogP contribution in [-0.4, -0.2) is 44.0 Å². The van der Waals surface area contributed by atoms with Crippen LogP contribution in [0.3, 0.4) is 0 Å². The van der Waals surface area contributed by atoms with Gasteiger partial charge in [-0.05, 0) is 56.4 Å². The van der Waals surface area contributed by atoms with Gasteiger partial charge in [0.25, 0.3) is 15.9 Å². The molecule has 0 bridgehead atoms. The lowest BCUT2D eigenvalue weighted by Crippen LogP contribution is -2.30. The summed E-state index contributed by atoms with van der Waals surface area (Å²) in [6.45, 7) is 7.88. The number of carbonyl (C=O) groups excluding carboxylic acids is 3. The van der Waals surface area contributed by atoms with E-state index in [-0.39, 0.29) is 28.4 Å². The maximum absolute atomic E-state index is 12.6. The molecule has 0 fully saturated rings. The van der Waals surface area contributed by atoms with Crippen LogP contribution in [0.4, 0.5) is 4.79 Å². The number of pyridine rings is 1. The van der Waals surface area contributed by atoms with E-state index in [1.807, 2.05) is 4.72 Å². The second-order valence-electron chi connectivity index (χ2n) is 8.51. The van der Waals surface area contributed by atoms with Gasteiger partial charge in [-0.25, -0.2) is 22.9 Å². The van der Waals surface area contributed by atoms with Crippen molar-refractivity contribution in [3.8, 4) is 5.88 Å². The Hall–Kier alpha value is -3.47. The molecule has 0 spiro atoms. The zero-order valence-electron chi connectivity index (χ0n) is 20.2. The number of nitrogens with one attached hydrogen (secondary N) is 2. The molecular weight excluding hydrogens is 474 g/mol. The Bertz CT molecular complexity index is 1110. The third-order valence-corrected chi connectivity index (χ3v) is 6.01. The highest BCUT2D eigenvalue weighted by atomic mass is 32.2. The van der Waals surface area contributed by atoms with Gasteiger partial charge in [0.1, 0.15) is 0 Å². The van der Waals surface area contributed by atoms with Crippen molar-refractivity contribution in [2.75, 3.05) is 6.54 Å². The fraction of sp³-hybridized carbons (Fsp3) is 0.417.